The Hall–Kier alpha value is -3.43. The molecule has 33 heavy (non-hydrogen) atoms. The zero-order valence-electron chi connectivity index (χ0n) is 18.1. The van der Waals surface area contributed by atoms with Crippen LogP contribution in [0, 0.1) is 6.92 Å². The van der Waals surface area contributed by atoms with Crippen molar-refractivity contribution in [2.45, 2.75) is 13.5 Å². The highest BCUT2D eigenvalue weighted by molar-refractivity contribution is 7.13. The van der Waals surface area contributed by atoms with E-state index in [-0.39, 0.29) is 12.7 Å². The summed E-state index contributed by atoms with van der Waals surface area (Å²) in [6, 6.07) is 11.9. The number of amides is 1. The minimum absolute atomic E-state index is 0.00534. The normalized spacial score (nSPS) is 16.0. The van der Waals surface area contributed by atoms with Gasteiger partial charge in [0.15, 0.2) is 11.5 Å². The van der Waals surface area contributed by atoms with Gasteiger partial charge in [-0.2, -0.15) is 0 Å². The zero-order valence-corrected chi connectivity index (χ0v) is 18.9. The van der Waals surface area contributed by atoms with E-state index in [1.165, 1.54) is 5.56 Å². The molecule has 1 amide bonds. The molecule has 1 saturated heterocycles. The molecule has 0 unspecified atom stereocenters. The van der Waals surface area contributed by atoms with E-state index in [9.17, 15) is 4.79 Å². The first-order valence-electron chi connectivity index (χ1n) is 10.9. The van der Waals surface area contributed by atoms with Crippen LogP contribution in [-0.4, -0.2) is 58.8 Å². The van der Waals surface area contributed by atoms with Crippen LogP contribution in [0.5, 0.6) is 11.5 Å². The fourth-order valence-corrected chi connectivity index (χ4v) is 5.08. The topological polar surface area (TPSA) is 80.9 Å². The van der Waals surface area contributed by atoms with E-state index >= 15 is 0 Å². The van der Waals surface area contributed by atoms with E-state index in [2.05, 4.69) is 21.1 Å². The van der Waals surface area contributed by atoms with Gasteiger partial charge in [0.25, 0.3) is 11.6 Å². The summed E-state index contributed by atoms with van der Waals surface area (Å²) in [7, 11) is 0. The predicted octanol–water partition coefficient (Wildman–Crippen LogP) is 3.95. The van der Waals surface area contributed by atoms with Gasteiger partial charge < -0.3 is 18.9 Å². The van der Waals surface area contributed by atoms with Gasteiger partial charge in [-0.15, -0.1) is 11.3 Å². The van der Waals surface area contributed by atoms with Crippen molar-refractivity contribution in [3.63, 3.8) is 0 Å². The molecule has 9 heteroatoms. The molecule has 0 atom stereocenters. The maximum Gasteiger partial charge on any atom is 0.259 e. The van der Waals surface area contributed by atoms with E-state index in [4.69, 9.17) is 14.0 Å². The van der Waals surface area contributed by atoms with Gasteiger partial charge in [0.1, 0.15) is 0 Å². The van der Waals surface area contributed by atoms with Crippen LogP contribution in [0.25, 0.3) is 21.7 Å². The highest BCUT2D eigenvalue weighted by atomic mass is 32.1. The zero-order chi connectivity index (χ0) is 22.4. The third-order valence-corrected chi connectivity index (χ3v) is 7.02. The fraction of sp³-hybridized carbons (Fsp3) is 0.292. The monoisotopic (exact) mass is 462 g/mol. The molecule has 0 saturated carbocycles. The lowest BCUT2D eigenvalue weighted by Gasteiger charge is -2.35. The predicted molar refractivity (Wildman–Crippen MR) is 124 cm³/mol. The van der Waals surface area contributed by atoms with Crippen molar-refractivity contribution in [2.75, 3.05) is 33.0 Å². The molecule has 0 N–H and O–H groups in total. The molecule has 1 aromatic carbocycles. The second-order valence-electron chi connectivity index (χ2n) is 8.24. The summed E-state index contributed by atoms with van der Waals surface area (Å²) >= 11 is 1.58. The van der Waals surface area contributed by atoms with Gasteiger partial charge in [0.05, 0.1) is 27.2 Å². The molecule has 0 bridgehead atoms. The highest BCUT2D eigenvalue weighted by Gasteiger charge is 2.27. The number of benzene rings is 1. The number of aromatic nitrogens is 2. The quantitative estimate of drug-likeness (QED) is 0.454. The van der Waals surface area contributed by atoms with Crippen LogP contribution in [0.2, 0.25) is 0 Å². The van der Waals surface area contributed by atoms with Crippen molar-refractivity contribution >= 4 is 28.3 Å². The van der Waals surface area contributed by atoms with E-state index in [0.29, 0.717) is 35.4 Å². The SMILES string of the molecule is Cc1noc2nc(-c3cccs3)cc(C(=O)N3CCN(Cc4ccc5c(c4)OCO5)CC3)c12. The number of aryl methyl sites for hydroxylation is 1. The maximum atomic E-state index is 13.6. The maximum absolute atomic E-state index is 13.6. The van der Waals surface area contributed by atoms with Gasteiger partial charge in [-0.05, 0) is 42.1 Å². The Morgan fingerprint density at radius 2 is 1.94 bits per heavy atom. The lowest BCUT2D eigenvalue weighted by Crippen LogP contribution is -2.48. The number of rotatable bonds is 4. The average Bonchev–Trinajstić information content (AvgIpc) is 3.60. The Balaban J connectivity index is 1.20. The van der Waals surface area contributed by atoms with Crippen LogP contribution in [0.3, 0.4) is 0 Å². The number of thiophene rings is 1. The minimum atomic E-state index is -0.00534. The molecule has 6 rings (SSSR count). The van der Waals surface area contributed by atoms with Crippen molar-refractivity contribution in [1.29, 1.82) is 0 Å². The second-order valence-corrected chi connectivity index (χ2v) is 9.18. The van der Waals surface area contributed by atoms with Crippen molar-refractivity contribution in [3.05, 3.63) is 58.6 Å². The smallest absolute Gasteiger partial charge is 0.259 e. The number of hydrogen-bond donors (Lipinski definition) is 0. The summed E-state index contributed by atoms with van der Waals surface area (Å²) in [5.41, 5.74) is 3.60. The summed E-state index contributed by atoms with van der Waals surface area (Å²) in [6.07, 6.45) is 0. The number of fused-ring (bicyclic) bond motifs is 2. The summed E-state index contributed by atoms with van der Waals surface area (Å²) in [6.45, 7) is 5.85. The summed E-state index contributed by atoms with van der Waals surface area (Å²) in [5, 5.41) is 6.75. The first-order chi connectivity index (χ1) is 16.2. The standard InChI is InChI=1S/C24H22N4O4S/c1-15-22-17(12-18(21-3-2-10-33-21)25-23(22)32-26-15)24(29)28-8-6-27(7-9-28)13-16-4-5-19-20(11-16)31-14-30-19/h2-5,10-12H,6-9,13-14H2,1H3. The molecule has 4 aromatic rings. The first-order valence-corrected chi connectivity index (χ1v) is 11.7. The number of hydrogen-bond acceptors (Lipinski definition) is 8. The Bertz CT molecular complexity index is 1330. The van der Waals surface area contributed by atoms with E-state index in [1.807, 2.05) is 47.5 Å². The van der Waals surface area contributed by atoms with Gasteiger partial charge in [0.2, 0.25) is 6.79 Å². The first kappa shape index (κ1) is 20.2. The number of nitrogens with zero attached hydrogens (tertiary/aromatic N) is 4. The van der Waals surface area contributed by atoms with Crippen LogP contribution in [-0.2, 0) is 6.54 Å². The Labute approximate surface area is 194 Å². The van der Waals surface area contributed by atoms with E-state index < -0.39 is 0 Å². The average molecular weight is 463 g/mol. The molecular formula is C24H22N4O4S. The van der Waals surface area contributed by atoms with Crippen LogP contribution >= 0.6 is 11.3 Å². The summed E-state index contributed by atoms with van der Waals surface area (Å²) in [5.74, 6) is 1.59. The Kier molecular flexibility index (Phi) is 5.00. The van der Waals surface area contributed by atoms with Crippen LogP contribution in [0.15, 0.2) is 46.3 Å². The molecule has 2 aliphatic heterocycles. The van der Waals surface area contributed by atoms with Crippen molar-refractivity contribution < 1.29 is 18.8 Å². The number of carbonyl (C=O) groups excluding carboxylic acids is 1. The van der Waals surface area contributed by atoms with Crippen molar-refractivity contribution in [3.8, 4) is 22.1 Å². The molecule has 0 radical (unpaired) electrons. The third kappa shape index (κ3) is 3.73. The molecule has 0 aliphatic carbocycles. The lowest BCUT2D eigenvalue weighted by atomic mass is 10.1. The van der Waals surface area contributed by atoms with E-state index in [0.717, 1.165) is 41.7 Å². The molecule has 3 aromatic heterocycles. The molecule has 0 spiro atoms. The van der Waals surface area contributed by atoms with Gasteiger partial charge in [0, 0.05) is 32.7 Å². The molecule has 1 fully saturated rings. The van der Waals surface area contributed by atoms with Gasteiger partial charge >= 0.3 is 0 Å². The van der Waals surface area contributed by atoms with Crippen molar-refractivity contribution in [2.24, 2.45) is 0 Å². The number of piperazine rings is 1. The summed E-state index contributed by atoms with van der Waals surface area (Å²) < 4.78 is 16.3. The third-order valence-electron chi connectivity index (χ3n) is 6.12. The van der Waals surface area contributed by atoms with Crippen LogP contribution < -0.4 is 9.47 Å². The number of pyridine rings is 1. The Morgan fingerprint density at radius 3 is 2.76 bits per heavy atom. The van der Waals surface area contributed by atoms with E-state index in [1.54, 1.807) is 11.3 Å². The van der Waals surface area contributed by atoms with Crippen LogP contribution in [0.1, 0.15) is 21.6 Å². The number of ether oxygens (including phenoxy) is 2. The van der Waals surface area contributed by atoms with Crippen molar-refractivity contribution in [1.82, 2.24) is 19.9 Å². The van der Waals surface area contributed by atoms with Gasteiger partial charge in [-0.25, -0.2) is 4.98 Å². The highest BCUT2D eigenvalue weighted by Crippen LogP contribution is 2.33. The van der Waals surface area contributed by atoms with Gasteiger partial charge in [-0.3, -0.25) is 9.69 Å². The fourth-order valence-electron chi connectivity index (χ4n) is 4.39. The Morgan fingerprint density at radius 1 is 1.09 bits per heavy atom. The largest absolute Gasteiger partial charge is 0.454 e. The van der Waals surface area contributed by atoms with Gasteiger partial charge in [-0.1, -0.05) is 17.3 Å². The molecule has 8 nitrogen and oxygen atoms in total. The molecule has 168 valence electrons. The molecule has 2 aliphatic rings. The van der Waals surface area contributed by atoms with Crippen LogP contribution in [0.4, 0.5) is 0 Å². The lowest BCUT2D eigenvalue weighted by molar-refractivity contribution is 0.0630. The molecular weight excluding hydrogens is 440 g/mol. The number of carbonyl (C=O) groups is 1. The second kappa shape index (κ2) is 8.17. The summed E-state index contributed by atoms with van der Waals surface area (Å²) in [4.78, 5) is 23.4. The molecule has 5 heterocycles. The minimum Gasteiger partial charge on any atom is -0.454 e.